The van der Waals surface area contributed by atoms with Crippen LogP contribution in [0.2, 0.25) is 0 Å². The first-order chi connectivity index (χ1) is 9.72. The topological polar surface area (TPSA) is 40.2 Å². The van der Waals surface area contributed by atoms with Crippen molar-refractivity contribution in [1.29, 1.82) is 0 Å². The van der Waals surface area contributed by atoms with E-state index < -0.39 is 0 Å². The largest absolute Gasteiger partial charge is 0.378 e. The van der Waals surface area contributed by atoms with E-state index in [0.717, 1.165) is 16.3 Å². The summed E-state index contributed by atoms with van der Waals surface area (Å²) in [6, 6.07) is 16.3. The molecule has 2 N–H and O–H groups in total. The van der Waals surface area contributed by atoms with Gasteiger partial charge in [-0.15, -0.1) is 0 Å². The fourth-order valence-corrected chi connectivity index (χ4v) is 2.71. The second-order valence-electron chi connectivity index (χ2n) is 4.68. The number of nitrogens with one attached hydrogen (secondary N) is 2. The zero-order chi connectivity index (χ0) is 13.9. The van der Waals surface area contributed by atoms with E-state index in [1.165, 1.54) is 10.4 Å². The van der Waals surface area contributed by atoms with Crippen LogP contribution >= 0.6 is 11.3 Å². The van der Waals surface area contributed by atoms with E-state index in [2.05, 4.69) is 38.9 Å². The molecule has 4 nitrogen and oxygen atoms in total. The van der Waals surface area contributed by atoms with E-state index in [9.17, 15) is 0 Å². The van der Waals surface area contributed by atoms with Crippen LogP contribution in [0.5, 0.6) is 0 Å². The van der Waals surface area contributed by atoms with Crippen molar-refractivity contribution in [3.63, 3.8) is 0 Å². The number of hydrogen-bond donors (Lipinski definition) is 2. The minimum atomic E-state index is 0.864. The van der Waals surface area contributed by atoms with Crippen LogP contribution in [-0.2, 0) is 0 Å². The Morgan fingerprint density at radius 3 is 2.40 bits per heavy atom. The Kier molecular flexibility index (Phi) is 3.43. The monoisotopic (exact) mass is 284 g/mol. The van der Waals surface area contributed by atoms with Gasteiger partial charge in [-0.05, 0) is 36.4 Å². The highest BCUT2D eigenvalue weighted by atomic mass is 32.1. The van der Waals surface area contributed by atoms with Gasteiger partial charge in [-0.2, -0.15) is 0 Å². The average Bonchev–Trinajstić information content (AvgIpc) is 2.88. The Balaban J connectivity index is 1.69. The van der Waals surface area contributed by atoms with Gasteiger partial charge < -0.3 is 4.90 Å². The minimum absolute atomic E-state index is 0.864. The number of fused-ring (bicyclic) bond motifs is 1. The van der Waals surface area contributed by atoms with Gasteiger partial charge in [0.05, 0.1) is 15.9 Å². The second kappa shape index (κ2) is 5.38. The minimum Gasteiger partial charge on any atom is -0.378 e. The maximum absolute atomic E-state index is 4.51. The third-order valence-electron chi connectivity index (χ3n) is 2.99. The predicted octanol–water partition coefficient (Wildman–Crippen LogP) is 3.80. The summed E-state index contributed by atoms with van der Waals surface area (Å²) in [6.45, 7) is 0. The van der Waals surface area contributed by atoms with Crippen molar-refractivity contribution in [3.8, 4) is 0 Å². The number of nitrogens with zero attached hydrogens (tertiary/aromatic N) is 2. The summed E-state index contributed by atoms with van der Waals surface area (Å²) in [5.74, 6) is 0. The van der Waals surface area contributed by atoms with Gasteiger partial charge in [0.25, 0.3) is 0 Å². The van der Waals surface area contributed by atoms with Gasteiger partial charge in [0.15, 0.2) is 0 Å². The lowest BCUT2D eigenvalue weighted by Gasteiger charge is -2.13. The van der Waals surface area contributed by atoms with Crippen LogP contribution in [0.25, 0.3) is 10.2 Å². The average molecular weight is 284 g/mol. The Morgan fingerprint density at radius 1 is 0.950 bits per heavy atom. The third kappa shape index (κ3) is 2.67. The van der Waals surface area contributed by atoms with E-state index in [1.807, 2.05) is 44.4 Å². The van der Waals surface area contributed by atoms with E-state index >= 15 is 0 Å². The molecule has 5 heteroatoms. The Bertz CT molecular complexity index is 670. The molecular formula is C15H16N4S. The molecule has 1 heterocycles. The first-order valence-electron chi connectivity index (χ1n) is 6.37. The molecule has 3 rings (SSSR count). The molecule has 0 amide bonds. The Hall–Kier alpha value is -2.27. The summed E-state index contributed by atoms with van der Waals surface area (Å²) in [5, 5.41) is 0.864. The maximum atomic E-state index is 4.51. The Morgan fingerprint density at radius 2 is 1.70 bits per heavy atom. The van der Waals surface area contributed by atoms with Crippen molar-refractivity contribution in [2.75, 3.05) is 29.8 Å². The molecule has 0 radical (unpaired) electrons. The van der Waals surface area contributed by atoms with Crippen molar-refractivity contribution in [1.82, 2.24) is 4.98 Å². The lowest BCUT2D eigenvalue weighted by atomic mass is 10.3. The predicted molar refractivity (Wildman–Crippen MR) is 87.6 cm³/mol. The molecule has 102 valence electrons. The van der Waals surface area contributed by atoms with Gasteiger partial charge in [0, 0.05) is 19.8 Å². The summed E-state index contributed by atoms with van der Waals surface area (Å²) >= 11 is 1.63. The fourth-order valence-electron chi connectivity index (χ4n) is 1.89. The normalized spacial score (nSPS) is 10.5. The van der Waals surface area contributed by atoms with Gasteiger partial charge in [0.2, 0.25) is 5.13 Å². The van der Waals surface area contributed by atoms with E-state index in [-0.39, 0.29) is 0 Å². The van der Waals surface area contributed by atoms with Gasteiger partial charge in [0.1, 0.15) is 0 Å². The number of hydrazine groups is 1. The molecular weight excluding hydrogens is 268 g/mol. The van der Waals surface area contributed by atoms with E-state index in [4.69, 9.17) is 0 Å². The molecule has 0 bridgehead atoms. The lowest BCUT2D eigenvalue weighted by Crippen LogP contribution is -2.10. The molecule has 2 aromatic carbocycles. The molecule has 0 aliphatic rings. The van der Waals surface area contributed by atoms with Gasteiger partial charge in [-0.25, -0.2) is 4.98 Å². The maximum Gasteiger partial charge on any atom is 0.202 e. The summed E-state index contributed by atoms with van der Waals surface area (Å²) in [6.07, 6.45) is 0. The van der Waals surface area contributed by atoms with Crippen molar-refractivity contribution >= 4 is 38.1 Å². The number of anilines is 3. The molecule has 20 heavy (non-hydrogen) atoms. The van der Waals surface area contributed by atoms with Crippen molar-refractivity contribution in [3.05, 3.63) is 48.5 Å². The fraction of sp³-hybridized carbons (Fsp3) is 0.133. The van der Waals surface area contributed by atoms with Crippen molar-refractivity contribution in [2.45, 2.75) is 0 Å². The zero-order valence-corrected chi connectivity index (χ0v) is 12.2. The van der Waals surface area contributed by atoms with Crippen molar-refractivity contribution in [2.24, 2.45) is 0 Å². The van der Waals surface area contributed by atoms with E-state index in [1.54, 1.807) is 11.3 Å². The number of benzene rings is 2. The third-order valence-corrected chi connectivity index (χ3v) is 3.94. The van der Waals surface area contributed by atoms with Gasteiger partial charge in [-0.3, -0.25) is 10.9 Å². The number of aromatic nitrogens is 1. The van der Waals surface area contributed by atoms with Gasteiger partial charge in [-0.1, -0.05) is 23.5 Å². The Labute approximate surface area is 122 Å². The molecule has 0 saturated heterocycles. The smallest absolute Gasteiger partial charge is 0.202 e. The van der Waals surface area contributed by atoms with Crippen LogP contribution in [0.1, 0.15) is 0 Å². The quantitative estimate of drug-likeness (QED) is 0.715. The first kappa shape index (κ1) is 12.7. The van der Waals surface area contributed by atoms with Crippen LogP contribution in [-0.4, -0.2) is 19.1 Å². The van der Waals surface area contributed by atoms with Crippen LogP contribution < -0.4 is 15.8 Å². The number of para-hydroxylation sites is 1. The molecule has 1 aromatic heterocycles. The highest BCUT2D eigenvalue weighted by Crippen LogP contribution is 2.25. The number of rotatable bonds is 4. The van der Waals surface area contributed by atoms with Crippen molar-refractivity contribution < 1.29 is 0 Å². The molecule has 0 saturated carbocycles. The van der Waals surface area contributed by atoms with Gasteiger partial charge >= 0.3 is 0 Å². The molecule has 0 spiro atoms. The molecule has 0 aliphatic carbocycles. The molecule has 0 fully saturated rings. The SMILES string of the molecule is CN(C)c1ccc(NNc2nc3ccccc3s2)cc1. The van der Waals surface area contributed by atoms with Crippen LogP contribution in [0.3, 0.4) is 0 Å². The standard InChI is InChI=1S/C15H16N4S/c1-19(2)12-9-7-11(8-10-12)17-18-15-16-13-5-3-4-6-14(13)20-15/h3-10,17H,1-2H3,(H,16,18). The summed E-state index contributed by atoms with van der Waals surface area (Å²) < 4.78 is 1.18. The summed E-state index contributed by atoms with van der Waals surface area (Å²) in [7, 11) is 4.06. The first-order valence-corrected chi connectivity index (χ1v) is 7.19. The summed E-state index contributed by atoms with van der Waals surface area (Å²) in [4.78, 5) is 6.58. The highest BCUT2D eigenvalue weighted by molar-refractivity contribution is 7.22. The second-order valence-corrected chi connectivity index (χ2v) is 5.71. The van der Waals surface area contributed by atoms with Crippen LogP contribution in [0.4, 0.5) is 16.5 Å². The number of thiazole rings is 1. The lowest BCUT2D eigenvalue weighted by molar-refractivity contribution is 1.13. The summed E-state index contributed by atoms with van der Waals surface area (Å²) in [5.41, 5.74) is 9.51. The molecule has 0 atom stereocenters. The molecule has 0 unspecified atom stereocenters. The number of hydrogen-bond acceptors (Lipinski definition) is 5. The molecule has 3 aromatic rings. The van der Waals surface area contributed by atoms with E-state index in [0.29, 0.717) is 0 Å². The van der Waals surface area contributed by atoms with Crippen LogP contribution in [0, 0.1) is 0 Å². The van der Waals surface area contributed by atoms with Crippen LogP contribution in [0.15, 0.2) is 48.5 Å². The zero-order valence-electron chi connectivity index (χ0n) is 11.4. The highest BCUT2D eigenvalue weighted by Gasteiger charge is 2.02. The molecule has 0 aliphatic heterocycles.